The predicted molar refractivity (Wildman–Crippen MR) is 130 cm³/mol. The van der Waals surface area contributed by atoms with E-state index in [9.17, 15) is 4.79 Å². The molecule has 0 radical (unpaired) electrons. The number of carboxylic acid groups (broad SMARTS) is 1. The molecule has 6 heteroatoms. The average Bonchev–Trinajstić information content (AvgIpc) is 2.82. The Labute approximate surface area is 196 Å². The van der Waals surface area contributed by atoms with Crippen LogP contribution in [0.25, 0.3) is 0 Å². The molecule has 0 bridgehead atoms. The van der Waals surface area contributed by atoms with Crippen molar-refractivity contribution in [2.45, 2.75) is 13.1 Å². The zero-order chi connectivity index (χ0) is 23.5. The van der Waals surface area contributed by atoms with Gasteiger partial charge in [0.25, 0.3) is 0 Å². The SMILES string of the molecule is CN(CCN(C)Cc1ccc(C(=O)O)cc1)Cc1ccc(OCCOc2ccccc2)cc1. The summed E-state index contributed by atoms with van der Waals surface area (Å²) in [6.45, 7) is 4.50. The van der Waals surface area contributed by atoms with Crippen LogP contribution in [0.15, 0.2) is 78.9 Å². The molecule has 0 unspecified atom stereocenters. The van der Waals surface area contributed by atoms with E-state index in [1.807, 2.05) is 54.6 Å². The van der Waals surface area contributed by atoms with Crippen molar-refractivity contribution in [3.8, 4) is 11.5 Å². The summed E-state index contributed by atoms with van der Waals surface area (Å²) in [7, 11) is 4.19. The van der Waals surface area contributed by atoms with Gasteiger partial charge in [-0.2, -0.15) is 0 Å². The van der Waals surface area contributed by atoms with Crippen molar-refractivity contribution in [1.82, 2.24) is 9.80 Å². The molecule has 6 nitrogen and oxygen atoms in total. The standard InChI is InChI=1S/C27H32N2O4/c1-28(20-22-8-12-24(13-9-22)27(30)31)16-17-29(2)21-23-10-14-26(15-11-23)33-19-18-32-25-6-4-3-5-7-25/h3-15H,16-21H2,1-2H3,(H,30,31). The molecular weight excluding hydrogens is 416 g/mol. The molecule has 33 heavy (non-hydrogen) atoms. The van der Waals surface area contributed by atoms with Crippen molar-refractivity contribution >= 4 is 5.97 Å². The van der Waals surface area contributed by atoms with Gasteiger partial charge in [0.05, 0.1) is 5.56 Å². The number of carboxylic acids is 1. The van der Waals surface area contributed by atoms with E-state index in [4.69, 9.17) is 14.6 Å². The monoisotopic (exact) mass is 448 g/mol. The first-order chi connectivity index (χ1) is 16.0. The molecule has 0 saturated carbocycles. The number of carbonyl (C=O) groups is 1. The minimum Gasteiger partial charge on any atom is -0.490 e. The lowest BCUT2D eigenvalue weighted by molar-refractivity contribution is 0.0697. The summed E-state index contributed by atoms with van der Waals surface area (Å²) in [4.78, 5) is 15.5. The number of benzene rings is 3. The van der Waals surface area contributed by atoms with Crippen molar-refractivity contribution in [3.63, 3.8) is 0 Å². The van der Waals surface area contributed by atoms with Gasteiger partial charge in [-0.1, -0.05) is 42.5 Å². The number of hydrogen-bond donors (Lipinski definition) is 1. The molecule has 0 saturated heterocycles. The molecule has 0 aromatic heterocycles. The fourth-order valence-electron chi connectivity index (χ4n) is 3.40. The second-order valence-corrected chi connectivity index (χ2v) is 8.13. The predicted octanol–water partition coefficient (Wildman–Crippen LogP) is 4.41. The Morgan fingerprint density at radius 2 is 1.15 bits per heavy atom. The van der Waals surface area contributed by atoms with E-state index in [0.29, 0.717) is 18.8 Å². The van der Waals surface area contributed by atoms with Gasteiger partial charge in [0.1, 0.15) is 24.7 Å². The van der Waals surface area contributed by atoms with E-state index >= 15 is 0 Å². The highest BCUT2D eigenvalue weighted by Crippen LogP contribution is 2.14. The van der Waals surface area contributed by atoms with E-state index in [0.717, 1.165) is 43.2 Å². The third kappa shape index (κ3) is 8.60. The minimum absolute atomic E-state index is 0.318. The van der Waals surface area contributed by atoms with Crippen LogP contribution in [0.3, 0.4) is 0 Å². The molecule has 0 aliphatic carbocycles. The molecule has 1 N–H and O–H groups in total. The third-order valence-corrected chi connectivity index (χ3v) is 5.26. The molecule has 0 spiro atoms. The molecule has 3 aromatic rings. The lowest BCUT2D eigenvalue weighted by Gasteiger charge is -2.22. The maximum absolute atomic E-state index is 11.0. The van der Waals surface area contributed by atoms with Crippen molar-refractivity contribution in [2.75, 3.05) is 40.4 Å². The lowest BCUT2D eigenvalue weighted by Crippen LogP contribution is -2.30. The van der Waals surface area contributed by atoms with Crippen LogP contribution in [0, 0.1) is 0 Å². The lowest BCUT2D eigenvalue weighted by atomic mass is 10.1. The second kappa shape index (κ2) is 12.6. The van der Waals surface area contributed by atoms with Crippen LogP contribution >= 0.6 is 0 Å². The van der Waals surface area contributed by atoms with E-state index in [1.165, 1.54) is 5.56 Å². The maximum Gasteiger partial charge on any atom is 0.335 e. The number of rotatable bonds is 13. The van der Waals surface area contributed by atoms with E-state index < -0.39 is 5.97 Å². The van der Waals surface area contributed by atoms with Crippen LogP contribution in [0.1, 0.15) is 21.5 Å². The summed E-state index contributed by atoms with van der Waals surface area (Å²) < 4.78 is 11.4. The first-order valence-electron chi connectivity index (χ1n) is 11.1. The van der Waals surface area contributed by atoms with Gasteiger partial charge in [-0.3, -0.25) is 0 Å². The Balaban J connectivity index is 1.34. The van der Waals surface area contributed by atoms with E-state index in [-0.39, 0.29) is 0 Å². The Kier molecular flexibility index (Phi) is 9.30. The Morgan fingerprint density at radius 1 is 0.697 bits per heavy atom. The molecule has 0 fully saturated rings. The van der Waals surface area contributed by atoms with Crippen LogP contribution < -0.4 is 9.47 Å². The van der Waals surface area contributed by atoms with Crippen molar-refractivity contribution in [3.05, 3.63) is 95.6 Å². The summed E-state index contributed by atoms with van der Waals surface area (Å²) >= 11 is 0. The Hall–Kier alpha value is -3.35. The normalized spacial score (nSPS) is 11.0. The summed E-state index contributed by atoms with van der Waals surface area (Å²) in [6, 6.07) is 25.0. The molecule has 174 valence electrons. The number of ether oxygens (including phenoxy) is 2. The van der Waals surface area contributed by atoms with Crippen LogP contribution in [0.5, 0.6) is 11.5 Å². The number of nitrogens with zero attached hydrogens (tertiary/aromatic N) is 2. The van der Waals surface area contributed by atoms with Crippen LogP contribution in [-0.4, -0.2) is 61.3 Å². The number of para-hydroxylation sites is 1. The van der Waals surface area contributed by atoms with Crippen LogP contribution in [0.2, 0.25) is 0 Å². The zero-order valence-electron chi connectivity index (χ0n) is 19.3. The highest BCUT2D eigenvalue weighted by molar-refractivity contribution is 5.87. The fraction of sp³-hybridized carbons (Fsp3) is 0.296. The molecule has 0 aliphatic heterocycles. The van der Waals surface area contributed by atoms with Crippen LogP contribution in [-0.2, 0) is 13.1 Å². The van der Waals surface area contributed by atoms with Crippen LogP contribution in [0.4, 0.5) is 0 Å². The fourth-order valence-corrected chi connectivity index (χ4v) is 3.40. The topological polar surface area (TPSA) is 62.2 Å². The largest absolute Gasteiger partial charge is 0.490 e. The average molecular weight is 449 g/mol. The Bertz CT molecular complexity index is 975. The smallest absolute Gasteiger partial charge is 0.335 e. The first kappa shape index (κ1) is 24.3. The number of hydrogen-bond acceptors (Lipinski definition) is 5. The molecule has 0 heterocycles. The number of aromatic carboxylic acids is 1. The summed E-state index contributed by atoms with van der Waals surface area (Å²) in [5.41, 5.74) is 2.66. The van der Waals surface area contributed by atoms with Gasteiger partial charge in [-0.15, -0.1) is 0 Å². The van der Waals surface area contributed by atoms with Gasteiger partial charge >= 0.3 is 5.97 Å². The highest BCUT2D eigenvalue weighted by atomic mass is 16.5. The van der Waals surface area contributed by atoms with Crippen molar-refractivity contribution in [1.29, 1.82) is 0 Å². The molecule has 3 aromatic carbocycles. The molecule has 0 amide bonds. The van der Waals surface area contributed by atoms with Gasteiger partial charge in [-0.05, 0) is 61.6 Å². The van der Waals surface area contributed by atoms with Gasteiger partial charge < -0.3 is 24.4 Å². The minimum atomic E-state index is -0.895. The Morgan fingerprint density at radius 3 is 1.64 bits per heavy atom. The third-order valence-electron chi connectivity index (χ3n) is 5.26. The second-order valence-electron chi connectivity index (χ2n) is 8.13. The highest BCUT2D eigenvalue weighted by Gasteiger charge is 2.06. The van der Waals surface area contributed by atoms with Gasteiger partial charge in [0.2, 0.25) is 0 Å². The molecule has 3 rings (SSSR count). The summed E-state index contributed by atoms with van der Waals surface area (Å²) in [5.74, 6) is 0.793. The summed E-state index contributed by atoms with van der Waals surface area (Å²) in [6.07, 6.45) is 0. The molecule has 0 aliphatic rings. The first-order valence-corrected chi connectivity index (χ1v) is 11.1. The van der Waals surface area contributed by atoms with Crippen molar-refractivity contribution < 1.29 is 19.4 Å². The number of likely N-dealkylation sites (N-methyl/N-ethyl adjacent to an activating group) is 2. The van der Waals surface area contributed by atoms with Gasteiger partial charge in [0, 0.05) is 26.2 Å². The van der Waals surface area contributed by atoms with Gasteiger partial charge in [0.15, 0.2) is 0 Å². The summed E-state index contributed by atoms with van der Waals surface area (Å²) in [5, 5.41) is 9.00. The maximum atomic E-state index is 11.0. The zero-order valence-corrected chi connectivity index (χ0v) is 19.3. The van der Waals surface area contributed by atoms with Crippen molar-refractivity contribution in [2.24, 2.45) is 0 Å². The van der Waals surface area contributed by atoms with Gasteiger partial charge in [-0.25, -0.2) is 4.79 Å². The van der Waals surface area contributed by atoms with E-state index in [2.05, 4.69) is 36.0 Å². The molecule has 0 atom stereocenters. The quantitative estimate of drug-likeness (QED) is 0.391. The molecular formula is C27H32N2O4. The van der Waals surface area contributed by atoms with E-state index in [1.54, 1.807) is 12.1 Å².